The Morgan fingerprint density at radius 3 is 2.31 bits per heavy atom. The summed E-state index contributed by atoms with van der Waals surface area (Å²) in [5, 5.41) is 8.87. The Hall–Kier alpha value is -2.77. The molecule has 0 aliphatic heterocycles. The fourth-order valence-corrected chi connectivity index (χ4v) is 2.47. The van der Waals surface area contributed by atoms with E-state index < -0.39 is 11.7 Å². The summed E-state index contributed by atoms with van der Waals surface area (Å²) >= 11 is 0. The monoisotopic (exact) mass is 405 g/mol. The molecule has 0 radical (unpaired) electrons. The zero-order chi connectivity index (χ0) is 21.7. The second kappa shape index (κ2) is 12.6. The van der Waals surface area contributed by atoms with Crippen molar-refractivity contribution in [3.8, 4) is 0 Å². The highest BCUT2D eigenvalue weighted by Gasteiger charge is 2.15. The number of carbonyl (C=O) groups excluding carboxylic acids is 2. The molecule has 0 fully saturated rings. The highest BCUT2D eigenvalue weighted by molar-refractivity contribution is 5.86. The summed E-state index contributed by atoms with van der Waals surface area (Å²) in [5.41, 5.74) is 0.593. The standard InChI is InChI=1S/C21H35N5O3/c1-6-26(16-17-11-8-7-9-12-17)18(27)15-25-19(22-5)23-13-10-14-24-20(28)29-21(2,3)4/h7-9,11-12H,6,10,13-16H2,1-5H3,(H,24,28)(H2,22,23,25). The van der Waals surface area contributed by atoms with E-state index in [4.69, 9.17) is 4.74 Å². The van der Waals surface area contributed by atoms with Gasteiger partial charge in [-0.15, -0.1) is 0 Å². The average molecular weight is 406 g/mol. The Balaban J connectivity index is 2.29. The lowest BCUT2D eigenvalue weighted by Gasteiger charge is -2.22. The Labute approximate surface area is 174 Å². The summed E-state index contributed by atoms with van der Waals surface area (Å²) < 4.78 is 5.18. The topological polar surface area (TPSA) is 95.1 Å². The van der Waals surface area contributed by atoms with Crippen LogP contribution in [0.5, 0.6) is 0 Å². The third kappa shape index (κ3) is 11.0. The lowest BCUT2D eigenvalue weighted by molar-refractivity contribution is -0.130. The fourth-order valence-electron chi connectivity index (χ4n) is 2.47. The quantitative estimate of drug-likeness (QED) is 0.332. The van der Waals surface area contributed by atoms with E-state index in [1.165, 1.54) is 0 Å². The molecular weight excluding hydrogens is 370 g/mol. The maximum Gasteiger partial charge on any atom is 0.407 e. The summed E-state index contributed by atoms with van der Waals surface area (Å²) in [6.07, 6.45) is 0.270. The van der Waals surface area contributed by atoms with E-state index in [-0.39, 0.29) is 12.5 Å². The number of rotatable bonds is 9. The van der Waals surface area contributed by atoms with Crippen LogP contribution in [-0.2, 0) is 16.1 Å². The van der Waals surface area contributed by atoms with Crippen LogP contribution in [-0.4, -0.2) is 61.7 Å². The molecule has 0 aromatic heterocycles. The highest BCUT2D eigenvalue weighted by Crippen LogP contribution is 2.06. The van der Waals surface area contributed by atoms with Gasteiger partial charge in [0.2, 0.25) is 5.91 Å². The number of hydrogen-bond donors (Lipinski definition) is 3. The molecule has 0 unspecified atom stereocenters. The van der Waals surface area contributed by atoms with Gasteiger partial charge < -0.3 is 25.6 Å². The normalized spacial score (nSPS) is 11.6. The summed E-state index contributed by atoms with van der Waals surface area (Å²) in [6.45, 7) is 9.91. The molecule has 0 saturated heterocycles. The number of alkyl carbamates (subject to hydrolysis) is 1. The molecule has 1 aromatic carbocycles. The molecule has 0 heterocycles. The van der Waals surface area contributed by atoms with E-state index in [9.17, 15) is 9.59 Å². The van der Waals surface area contributed by atoms with Gasteiger partial charge in [-0.3, -0.25) is 9.79 Å². The van der Waals surface area contributed by atoms with Crippen LogP contribution in [0.25, 0.3) is 0 Å². The van der Waals surface area contributed by atoms with E-state index in [1.807, 2.05) is 58.0 Å². The fraction of sp³-hybridized carbons (Fsp3) is 0.571. The molecular formula is C21H35N5O3. The van der Waals surface area contributed by atoms with Crippen molar-refractivity contribution in [3.05, 3.63) is 35.9 Å². The first kappa shape index (κ1) is 24.3. The molecule has 29 heavy (non-hydrogen) atoms. The van der Waals surface area contributed by atoms with Gasteiger partial charge in [-0.25, -0.2) is 4.79 Å². The van der Waals surface area contributed by atoms with Crippen LogP contribution in [0.3, 0.4) is 0 Å². The average Bonchev–Trinajstić information content (AvgIpc) is 2.67. The van der Waals surface area contributed by atoms with Crippen molar-refractivity contribution in [2.24, 2.45) is 4.99 Å². The zero-order valence-electron chi connectivity index (χ0n) is 18.2. The molecule has 0 aliphatic rings. The second-order valence-electron chi connectivity index (χ2n) is 7.53. The minimum absolute atomic E-state index is 0.00546. The number of aliphatic imine (C=N–C) groups is 1. The van der Waals surface area contributed by atoms with Crippen molar-refractivity contribution >= 4 is 18.0 Å². The number of carbonyl (C=O) groups is 2. The molecule has 1 aromatic rings. The Bertz CT molecular complexity index is 656. The van der Waals surface area contributed by atoms with Gasteiger partial charge in [0.15, 0.2) is 5.96 Å². The molecule has 0 spiro atoms. The molecule has 162 valence electrons. The predicted octanol–water partition coefficient (Wildman–Crippen LogP) is 2.11. The molecule has 0 bridgehead atoms. The molecule has 8 nitrogen and oxygen atoms in total. The first-order chi connectivity index (χ1) is 13.7. The third-order valence-electron chi connectivity index (χ3n) is 3.90. The van der Waals surface area contributed by atoms with Gasteiger partial charge in [-0.05, 0) is 39.7 Å². The van der Waals surface area contributed by atoms with E-state index in [1.54, 1.807) is 11.9 Å². The number of amides is 2. The summed E-state index contributed by atoms with van der Waals surface area (Å²) in [6, 6.07) is 9.91. The molecule has 0 saturated carbocycles. The van der Waals surface area contributed by atoms with Gasteiger partial charge in [0, 0.05) is 33.2 Å². The maximum absolute atomic E-state index is 12.5. The van der Waals surface area contributed by atoms with Crippen LogP contribution in [0.15, 0.2) is 35.3 Å². The van der Waals surface area contributed by atoms with Gasteiger partial charge >= 0.3 is 6.09 Å². The molecule has 0 atom stereocenters. The van der Waals surface area contributed by atoms with Crippen LogP contribution >= 0.6 is 0 Å². The van der Waals surface area contributed by atoms with Crippen molar-refractivity contribution < 1.29 is 14.3 Å². The van der Waals surface area contributed by atoms with Crippen LogP contribution in [0.1, 0.15) is 39.7 Å². The van der Waals surface area contributed by atoms with E-state index in [0.717, 1.165) is 5.56 Å². The first-order valence-electron chi connectivity index (χ1n) is 9.98. The van der Waals surface area contributed by atoms with Gasteiger partial charge in [0.05, 0.1) is 6.54 Å². The number of guanidine groups is 1. The van der Waals surface area contributed by atoms with Crippen molar-refractivity contribution in [2.45, 2.75) is 46.3 Å². The summed E-state index contributed by atoms with van der Waals surface area (Å²) in [5.74, 6) is 0.553. The van der Waals surface area contributed by atoms with E-state index in [0.29, 0.717) is 38.6 Å². The Morgan fingerprint density at radius 1 is 1.07 bits per heavy atom. The summed E-state index contributed by atoms with van der Waals surface area (Å²) in [7, 11) is 1.65. The lowest BCUT2D eigenvalue weighted by Crippen LogP contribution is -2.45. The number of nitrogens with one attached hydrogen (secondary N) is 3. The van der Waals surface area contributed by atoms with Crippen molar-refractivity contribution in [2.75, 3.05) is 33.2 Å². The van der Waals surface area contributed by atoms with Crippen LogP contribution in [0.4, 0.5) is 4.79 Å². The van der Waals surface area contributed by atoms with Crippen molar-refractivity contribution in [3.63, 3.8) is 0 Å². The van der Waals surface area contributed by atoms with Crippen LogP contribution in [0.2, 0.25) is 0 Å². The SMILES string of the molecule is CCN(Cc1ccccc1)C(=O)CNC(=NC)NCCCNC(=O)OC(C)(C)C. The number of ether oxygens (including phenoxy) is 1. The molecule has 2 amide bonds. The van der Waals surface area contributed by atoms with E-state index >= 15 is 0 Å². The maximum atomic E-state index is 12.5. The van der Waals surface area contributed by atoms with Crippen LogP contribution < -0.4 is 16.0 Å². The van der Waals surface area contributed by atoms with Crippen molar-refractivity contribution in [1.29, 1.82) is 0 Å². The van der Waals surface area contributed by atoms with Crippen molar-refractivity contribution in [1.82, 2.24) is 20.9 Å². The minimum atomic E-state index is -0.506. The minimum Gasteiger partial charge on any atom is -0.444 e. The van der Waals surface area contributed by atoms with Gasteiger partial charge in [-0.1, -0.05) is 30.3 Å². The third-order valence-corrected chi connectivity index (χ3v) is 3.90. The lowest BCUT2D eigenvalue weighted by atomic mass is 10.2. The molecule has 1 rings (SSSR count). The molecule has 3 N–H and O–H groups in total. The summed E-state index contributed by atoms with van der Waals surface area (Å²) in [4.78, 5) is 30.0. The van der Waals surface area contributed by atoms with E-state index in [2.05, 4.69) is 20.9 Å². The zero-order valence-corrected chi connectivity index (χ0v) is 18.2. The number of likely N-dealkylation sites (N-methyl/N-ethyl adjacent to an activating group) is 1. The van der Waals surface area contributed by atoms with Gasteiger partial charge in [0.25, 0.3) is 0 Å². The predicted molar refractivity (Wildman–Crippen MR) is 116 cm³/mol. The second-order valence-corrected chi connectivity index (χ2v) is 7.53. The first-order valence-corrected chi connectivity index (χ1v) is 9.98. The highest BCUT2D eigenvalue weighted by atomic mass is 16.6. The number of hydrogen-bond acceptors (Lipinski definition) is 4. The van der Waals surface area contributed by atoms with Gasteiger partial charge in [0.1, 0.15) is 5.60 Å². The molecule has 8 heteroatoms. The number of benzene rings is 1. The number of nitrogens with zero attached hydrogens (tertiary/aromatic N) is 2. The van der Waals surface area contributed by atoms with Gasteiger partial charge in [-0.2, -0.15) is 0 Å². The molecule has 0 aliphatic carbocycles. The smallest absolute Gasteiger partial charge is 0.407 e. The largest absolute Gasteiger partial charge is 0.444 e. The van der Waals surface area contributed by atoms with Crippen LogP contribution in [0, 0.1) is 0 Å². The Kier molecular flexibility index (Phi) is 10.6. The Morgan fingerprint density at radius 2 is 1.72 bits per heavy atom.